The zero-order valence-corrected chi connectivity index (χ0v) is 13.9. The molecule has 0 unspecified atom stereocenters. The summed E-state index contributed by atoms with van der Waals surface area (Å²) in [6.45, 7) is 5.32. The third-order valence-corrected chi connectivity index (χ3v) is 3.57. The van der Waals surface area contributed by atoms with E-state index >= 15 is 0 Å². The Hall–Kier alpha value is -2.64. The average Bonchev–Trinajstić information content (AvgIpc) is 2.87. The Labute approximate surface area is 140 Å². The van der Waals surface area contributed by atoms with Crippen molar-refractivity contribution in [3.8, 4) is 0 Å². The van der Waals surface area contributed by atoms with E-state index < -0.39 is 0 Å². The molecule has 7 nitrogen and oxygen atoms in total. The minimum absolute atomic E-state index is 0.0476. The first-order valence-corrected chi connectivity index (χ1v) is 7.86. The minimum atomic E-state index is -0.376. The number of hydrogen-bond acceptors (Lipinski definition) is 3. The number of guanidine groups is 1. The van der Waals surface area contributed by atoms with Gasteiger partial charge in [-0.05, 0) is 31.0 Å². The molecule has 8 heteroatoms. The molecule has 0 radical (unpaired) electrons. The number of urea groups is 1. The van der Waals surface area contributed by atoms with Crippen LogP contribution in [-0.4, -0.2) is 49.0 Å². The molecule has 1 aromatic rings. The lowest BCUT2D eigenvalue weighted by molar-refractivity contribution is -0.124. The van der Waals surface area contributed by atoms with Gasteiger partial charge in [0.2, 0.25) is 5.91 Å². The van der Waals surface area contributed by atoms with Crippen LogP contribution < -0.4 is 16.0 Å². The molecule has 1 aliphatic heterocycles. The van der Waals surface area contributed by atoms with Gasteiger partial charge in [0.05, 0.1) is 13.1 Å². The van der Waals surface area contributed by atoms with Crippen molar-refractivity contribution in [3.05, 3.63) is 35.1 Å². The Bertz CT molecular complexity index is 631. The number of nitrogens with zero attached hydrogens (tertiary/aromatic N) is 2. The molecular weight excluding hydrogens is 313 g/mol. The number of rotatable bonds is 6. The van der Waals surface area contributed by atoms with E-state index in [1.807, 2.05) is 13.0 Å². The van der Waals surface area contributed by atoms with Crippen LogP contribution in [0.3, 0.4) is 0 Å². The van der Waals surface area contributed by atoms with Crippen molar-refractivity contribution in [3.63, 3.8) is 0 Å². The summed E-state index contributed by atoms with van der Waals surface area (Å²) >= 11 is 0. The first kappa shape index (κ1) is 17.7. The first-order chi connectivity index (χ1) is 11.5. The summed E-state index contributed by atoms with van der Waals surface area (Å²) < 4.78 is 13.5. The summed E-state index contributed by atoms with van der Waals surface area (Å²) in [5.74, 6) is 0.0589. The van der Waals surface area contributed by atoms with Gasteiger partial charge in [0.15, 0.2) is 5.96 Å². The maximum Gasteiger partial charge on any atom is 0.324 e. The second kappa shape index (κ2) is 8.28. The molecule has 0 spiro atoms. The normalized spacial score (nSPS) is 14.8. The Balaban J connectivity index is 1.89. The lowest BCUT2D eigenvalue weighted by atomic mass is 10.1. The van der Waals surface area contributed by atoms with Gasteiger partial charge in [-0.3, -0.25) is 9.69 Å². The van der Waals surface area contributed by atoms with Gasteiger partial charge in [0.1, 0.15) is 5.82 Å². The highest BCUT2D eigenvalue weighted by Gasteiger charge is 2.27. The van der Waals surface area contributed by atoms with E-state index in [1.165, 1.54) is 6.07 Å². The fourth-order valence-electron chi connectivity index (χ4n) is 2.21. The number of nitrogens with one attached hydrogen (secondary N) is 3. The molecule has 1 aromatic carbocycles. The molecule has 0 saturated carbocycles. The molecule has 0 atom stereocenters. The van der Waals surface area contributed by atoms with Gasteiger partial charge in [0, 0.05) is 19.6 Å². The summed E-state index contributed by atoms with van der Waals surface area (Å²) in [6, 6.07) is 4.64. The van der Waals surface area contributed by atoms with Crippen LogP contribution in [0.15, 0.2) is 23.2 Å². The molecular formula is C16H22FN5O2. The molecule has 1 fully saturated rings. The number of carbonyl (C=O) groups excluding carboxylic acids is 2. The standard InChI is InChI=1S/C16H22FN5O2/c1-3-18-15(19-6-7-22-14(23)10-21-16(22)24)20-9-12-5-4-11(2)13(17)8-12/h4-5,8H,3,6-7,9-10H2,1-2H3,(H,21,24)(H2,18,19,20). The summed E-state index contributed by atoms with van der Waals surface area (Å²) in [5.41, 5.74) is 1.37. The third-order valence-electron chi connectivity index (χ3n) is 3.57. The Morgan fingerprint density at radius 3 is 2.79 bits per heavy atom. The summed E-state index contributed by atoms with van der Waals surface area (Å²) in [5, 5.41) is 8.59. The molecule has 24 heavy (non-hydrogen) atoms. The summed E-state index contributed by atoms with van der Waals surface area (Å²) in [7, 11) is 0. The van der Waals surface area contributed by atoms with Crippen LogP contribution in [0.1, 0.15) is 18.1 Å². The SMILES string of the molecule is CCNC(=NCc1ccc(C)c(F)c1)NCCN1C(=O)CNC1=O. The number of benzene rings is 1. The topological polar surface area (TPSA) is 85.8 Å². The fourth-order valence-corrected chi connectivity index (χ4v) is 2.21. The zero-order chi connectivity index (χ0) is 17.5. The van der Waals surface area contributed by atoms with Crippen molar-refractivity contribution >= 4 is 17.9 Å². The van der Waals surface area contributed by atoms with Gasteiger partial charge >= 0.3 is 6.03 Å². The van der Waals surface area contributed by atoms with E-state index in [0.717, 1.165) is 10.5 Å². The second-order valence-corrected chi connectivity index (χ2v) is 5.41. The highest BCUT2D eigenvalue weighted by Crippen LogP contribution is 2.09. The van der Waals surface area contributed by atoms with Gasteiger partial charge in [-0.2, -0.15) is 0 Å². The maximum absolute atomic E-state index is 13.5. The highest BCUT2D eigenvalue weighted by molar-refractivity contribution is 6.01. The van der Waals surface area contributed by atoms with E-state index in [9.17, 15) is 14.0 Å². The van der Waals surface area contributed by atoms with Crippen molar-refractivity contribution in [2.45, 2.75) is 20.4 Å². The number of carbonyl (C=O) groups is 2. The van der Waals surface area contributed by atoms with Gasteiger partial charge in [-0.25, -0.2) is 14.2 Å². The van der Waals surface area contributed by atoms with Crippen molar-refractivity contribution in [2.75, 3.05) is 26.2 Å². The highest BCUT2D eigenvalue weighted by atomic mass is 19.1. The molecule has 3 N–H and O–H groups in total. The van der Waals surface area contributed by atoms with Crippen molar-refractivity contribution in [1.29, 1.82) is 0 Å². The van der Waals surface area contributed by atoms with Crippen LogP contribution in [0.5, 0.6) is 0 Å². The second-order valence-electron chi connectivity index (χ2n) is 5.41. The third kappa shape index (κ3) is 4.68. The van der Waals surface area contributed by atoms with Gasteiger partial charge < -0.3 is 16.0 Å². The number of halogens is 1. The number of imide groups is 1. The maximum atomic E-state index is 13.5. The van der Waals surface area contributed by atoms with Crippen molar-refractivity contribution < 1.29 is 14.0 Å². The van der Waals surface area contributed by atoms with E-state index in [0.29, 0.717) is 31.2 Å². The Morgan fingerprint density at radius 1 is 1.38 bits per heavy atom. The molecule has 0 aromatic heterocycles. The van der Waals surface area contributed by atoms with E-state index in [-0.39, 0.29) is 30.8 Å². The largest absolute Gasteiger partial charge is 0.357 e. The smallest absolute Gasteiger partial charge is 0.324 e. The van der Waals surface area contributed by atoms with Crippen LogP contribution in [0.25, 0.3) is 0 Å². The summed E-state index contributed by atoms with van der Waals surface area (Å²) in [6.07, 6.45) is 0. The lowest BCUT2D eigenvalue weighted by Crippen LogP contribution is -2.43. The van der Waals surface area contributed by atoms with Crippen LogP contribution >= 0.6 is 0 Å². The molecule has 1 aliphatic rings. The quantitative estimate of drug-likeness (QED) is 0.407. The molecule has 0 bridgehead atoms. The van der Waals surface area contributed by atoms with E-state index in [1.54, 1.807) is 13.0 Å². The number of aryl methyl sites for hydroxylation is 1. The predicted octanol–water partition coefficient (Wildman–Crippen LogP) is 0.741. The van der Waals surface area contributed by atoms with Gasteiger partial charge in [-0.15, -0.1) is 0 Å². The monoisotopic (exact) mass is 335 g/mol. The zero-order valence-electron chi connectivity index (χ0n) is 13.9. The number of hydrogen-bond donors (Lipinski definition) is 3. The van der Waals surface area contributed by atoms with Gasteiger partial charge in [-0.1, -0.05) is 12.1 Å². The Morgan fingerprint density at radius 2 is 2.17 bits per heavy atom. The van der Waals surface area contributed by atoms with Crippen molar-refractivity contribution in [1.82, 2.24) is 20.9 Å². The Kier molecular flexibility index (Phi) is 6.11. The first-order valence-electron chi connectivity index (χ1n) is 7.86. The fraction of sp³-hybridized carbons (Fsp3) is 0.438. The summed E-state index contributed by atoms with van der Waals surface area (Å²) in [4.78, 5) is 28.5. The molecule has 130 valence electrons. The van der Waals surface area contributed by atoms with E-state index in [2.05, 4.69) is 20.9 Å². The predicted molar refractivity (Wildman–Crippen MR) is 89.1 cm³/mol. The molecule has 2 rings (SSSR count). The van der Waals surface area contributed by atoms with Crippen LogP contribution in [-0.2, 0) is 11.3 Å². The molecule has 0 aliphatic carbocycles. The van der Waals surface area contributed by atoms with Crippen LogP contribution in [0, 0.1) is 12.7 Å². The van der Waals surface area contributed by atoms with Crippen molar-refractivity contribution in [2.24, 2.45) is 4.99 Å². The van der Waals surface area contributed by atoms with Gasteiger partial charge in [0.25, 0.3) is 0 Å². The molecule has 3 amide bonds. The molecule has 1 heterocycles. The average molecular weight is 335 g/mol. The molecule has 1 saturated heterocycles. The lowest BCUT2D eigenvalue weighted by Gasteiger charge is -2.15. The number of amides is 3. The number of aliphatic imine (C=N–C) groups is 1. The minimum Gasteiger partial charge on any atom is -0.357 e. The van der Waals surface area contributed by atoms with Crippen LogP contribution in [0.2, 0.25) is 0 Å². The van der Waals surface area contributed by atoms with Crippen LogP contribution in [0.4, 0.5) is 9.18 Å². The van der Waals surface area contributed by atoms with E-state index in [4.69, 9.17) is 0 Å².